The van der Waals surface area contributed by atoms with E-state index in [0.717, 1.165) is 6.07 Å². The van der Waals surface area contributed by atoms with Crippen LogP contribution >= 0.6 is 0 Å². The number of nitrogens with one attached hydrogen (secondary N) is 1. The monoisotopic (exact) mass is 454 g/mol. The standard InChI is InChI=1S/C21H22F4N4O3/c22-14-2-1-3-15(10-14)32-18-11-16(21(23,24)25)27-19(28-18)29-7-5-20(13-29)4-6-26-12-17(20)31-9-8-30/h1-3,10-12,26,30H,4-9,13H2. The fourth-order valence-electron chi connectivity index (χ4n) is 3.95. The summed E-state index contributed by atoms with van der Waals surface area (Å²) < 4.78 is 65.1. The Morgan fingerprint density at radius 3 is 2.78 bits per heavy atom. The Balaban J connectivity index is 1.63. The third-order valence-electron chi connectivity index (χ3n) is 5.49. The summed E-state index contributed by atoms with van der Waals surface area (Å²) >= 11 is 0. The van der Waals surface area contributed by atoms with Crippen LogP contribution in [0, 0.1) is 11.2 Å². The van der Waals surface area contributed by atoms with E-state index in [-0.39, 0.29) is 30.8 Å². The highest BCUT2D eigenvalue weighted by Crippen LogP contribution is 2.44. The molecule has 1 unspecified atom stereocenters. The lowest BCUT2D eigenvalue weighted by molar-refractivity contribution is -0.141. The summed E-state index contributed by atoms with van der Waals surface area (Å²) in [7, 11) is 0. The zero-order valence-corrected chi connectivity index (χ0v) is 17.0. The summed E-state index contributed by atoms with van der Waals surface area (Å²) in [6, 6.07) is 5.77. The molecule has 4 rings (SSSR count). The summed E-state index contributed by atoms with van der Waals surface area (Å²) in [4.78, 5) is 9.57. The van der Waals surface area contributed by atoms with Crippen LogP contribution in [-0.2, 0) is 10.9 Å². The predicted octanol–water partition coefficient (Wildman–Crippen LogP) is 3.47. The molecule has 1 spiro atoms. The predicted molar refractivity (Wildman–Crippen MR) is 107 cm³/mol. The van der Waals surface area contributed by atoms with Gasteiger partial charge in [-0.2, -0.15) is 18.2 Å². The maximum absolute atomic E-state index is 13.5. The van der Waals surface area contributed by atoms with Crippen molar-refractivity contribution in [1.29, 1.82) is 0 Å². The van der Waals surface area contributed by atoms with Gasteiger partial charge in [0, 0.05) is 38.0 Å². The van der Waals surface area contributed by atoms with E-state index < -0.39 is 23.1 Å². The normalized spacial score (nSPS) is 20.8. The first-order chi connectivity index (χ1) is 15.3. The van der Waals surface area contributed by atoms with Crippen molar-refractivity contribution in [1.82, 2.24) is 15.3 Å². The summed E-state index contributed by atoms with van der Waals surface area (Å²) in [6.45, 7) is 1.44. The van der Waals surface area contributed by atoms with E-state index in [1.807, 2.05) is 0 Å². The quantitative estimate of drug-likeness (QED) is 0.647. The highest BCUT2D eigenvalue weighted by atomic mass is 19.4. The van der Waals surface area contributed by atoms with Gasteiger partial charge in [0.1, 0.15) is 23.9 Å². The summed E-state index contributed by atoms with van der Waals surface area (Å²) in [6.07, 6.45) is -1.62. The van der Waals surface area contributed by atoms with Crippen molar-refractivity contribution in [2.75, 3.05) is 37.7 Å². The van der Waals surface area contributed by atoms with Gasteiger partial charge in [0.2, 0.25) is 11.8 Å². The summed E-state index contributed by atoms with van der Waals surface area (Å²) in [5, 5.41) is 12.2. The topological polar surface area (TPSA) is 79.7 Å². The van der Waals surface area contributed by atoms with Crippen molar-refractivity contribution in [3.63, 3.8) is 0 Å². The number of halogens is 4. The summed E-state index contributed by atoms with van der Waals surface area (Å²) in [5.74, 6) is -0.345. The lowest BCUT2D eigenvalue weighted by Crippen LogP contribution is -2.37. The van der Waals surface area contributed by atoms with Crippen molar-refractivity contribution in [3.05, 3.63) is 53.8 Å². The second-order valence-electron chi connectivity index (χ2n) is 7.69. The second-order valence-corrected chi connectivity index (χ2v) is 7.69. The van der Waals surface area contributed by atoms with E-state index in [0.29, 0.717) is 44.3 Å². The Labute approximate surface area is 181 Å². The number of nitrogens with zero attached hydrogens (tertiary/aromatic N) is 3. The lowest BCUT2D eigenvalue weighted by Gasteiger charge is -2.34. The number of ether oxygens (including phenoxy) is 2. The number of benzene rings is 1. The van der Waals surface area contributed by atoms with Gasteiger partial charge in [-0.3, -0.25) is 0 Å². The molecule has 7 nitrogen and oxygen atoms in total. The fraction of sp³-hybridized carbons (Fsp3) is 0.429. The molecular formula is C21H22F4N4O3. The van der Waals surface area contributed by atoms with E-state index in [1.165, 1.54) is 18.2 Å². The van der Waals surface area contributed by atoms with E-state index in [9.17, 15) is 17.6 Å². The number of anilines is 1. The number of aromatic nitrogens is 2. The minimum atomic E-state index is -4.71. The van der Waals surface area contributed by atoms with Crippen LogP contribution in [0.3, 0.4) is 0 Å². The van der Waals surface area contributed by atoms with E-state index in [4.69, 9.17) is 14.6 Å². The highest BCUT2D eigenvalue weighted by Gasteiger charge is 2.45. The van der Waals surface area contributed by atoms with Crippen LogP contribution in [0.1, 0.15) is 18.5 Å². The van der Waals surface area contributed by atoms with Crippen LogP contribution in [0.5, 0.6) is 11.6 Å². The van der Waals surface area contributed by atoms with E-state index >= 15 is 0 Å². The smallest absolute Gasteiger partial charge is 0.433 e. The lowest BCUT2D eigenvalue weighted by atomic mass is 9.80. The maximum Gasteiger partial charge on any atom is 0.433 e. The molecule has 1 fully saturated rings. The van der Waals surface area contributed by atoms with Crippen molar-refractivity contribution in [2.24, 2.45) is 5.41 Å². The number of hydrogen-bond donors (Lipinski definition) is 2. The molecule has 2 aromatic rings. The molecule has 0 saturated carbocycles. The van der Waals surface area contributed by atoms with Crippen molar-refractivity contribution in [2.45, 2.75) is 19.0 Å². The average Bonchev–Trinajstić information content (AvgIpc) is 3.17. The van der Waals surface area contributed by atoms with Gasteiger partial charge in [-0.25, -0.2) is 9.37 Å². The van der Waals surface area contributed by atoms with Gasteiger partial charge in [0.25, 0.3) is 0 Å². The molecule has 2 N–H and O–H groups in total. The Bertz CT molecular complexity index is 1000. The highest BCUT2D eigenvalue weighted by molar-refractivity contribution is 5.40. The van der Waals surface area contributed by atoms with Crippen LogP contribution in [0.25, 0.3) is 0 Å². The maximum atomic E-state index is 13.5. The molecule has 1 atom stereocenters. The average molecular weight is 454 g/mol. The van der Waals surface area contributed by atoms with E-state index in [2.05, 4.69) is 15.3 Å². The SMILES string of the molecule is OCCOC1=CNCCC12CCN(c1nc(Oc3cccc(F)c3)cc(C(F)(F)F)n1)C2. The Kier molecular flexibility index (Phi) is 6.09. The molecule has 0 radical (unpaired) electrons. The van der Waals surface area contributed by atoms with Gasteiger partial charge in [-0.05, 0) is 25.0 Å². The third kappa shape index (κ3) is 4.72. The molecule has 1 aromatic carbocycles. The zero-order chi connectivity index (χ0) is 22.8. The van der Waals surface area contributed by atoms with Crippen LogP contribution in [-0.4, -0.2) is 47.9 Å². The van der Waals surface area contributed by atoms with Crippen LogP contribution in [0.2, 0.25) is 0 Å². The fourth-order valence-corrected chi connectivity index (χ4v) is 3.95. The number of hydrogen-bond acceptors (Lipinski definition) is 7. The Hall–Kier alpha value is -3.08. The molecular weight excluding hydrogens is 432 g/mol. The molecule has 32 heavy (non-hydrogen) atoms. The number of aliphatic hydroxyl groups is 1. The zero-order valence-electron chi connectivity index (χ0n) is 17.0. The molecule has 11 heteroatoms. The van der Waals surface area contributed by atoms with Crippen molar-refractivity contribution in [3.8, 4) is 11.6 Å². The van der Waals surface area contributed by atoms with Gasteiger partial charge in [-0.15, -0.1) is 0 Å². The van der Waals surface area contributed by atoms with Gasteiger partial charge in [0.15, 0.2) is 5.69 Å². The van der Waals surface area contributed by atoms with Crippen LogP contribution in [0.15, 0.2) is 42.3 Å². The first-order valence-corrected chi connectivity index (χ1v) is 10.1. The van der Waals surface area contributed by atoms with Crippen LogP contribution in [0.4, 0.5) is 23.5 Å². The molecule has 172 valence electrons. The first-order valence-electron chi connectivity index (χ1n) is 10.1. The Morgan fingerprint density at radius 1 is 1.19 bits per heavy atom. The van der Waals surface area contributed by atoms with Gasteiger partial charge < -0.3 is 24.8 Å². The first kappa shape index (κ1) is 22.1. The van der Waals surface area contributed by atoms with Crippen molar-refractivity contribution < 1.29 is 32.1 Å². The minimum Gasteiger partial charge on any atom is -0.493 e. The minimum absolute atomic E-state index is 0.0293. The molecule has 2 aliphatic heterocycles. The van der Waals surface area contributed by atoms with E-state index in [1.54, 1.807) is 11.1 Å². The Morgan fingerprint density at radius 2 is 2.03 bits per heavy atom. The molecule has 1 saturated heterocycles. The third-order valence-corrected chi connectivity index (χ3v) is 5.49. The number of aliphatic hydroxyl groups excluding tert-OH is 1. The molecule has 0 aliphatic carbocycles. The molecule has 0 amide bonds. The van der Waals surface area contributed by atoms with Crippen molar-refractivity contribution >= 4 is 5.95 Å². The molecule has 3 heterocycles. The number of rotatable bonds is 6. The molecule has 2 aliphatic rings. The molecule has 0 bridgehead atoms. The van der Waals surface area contributed by atoms with Gasteiger partial charge >= 0.3 is 6.18 Å². The number of alkyl halides is 3. The molecule has 1 aromatic heterocycles. The second kappa shape index (κ2) is 8.81. The largest absolute Gasteiger partial charge is 0.493 e. The van der Waals surface area contributed by atoms with Crippen LogP contribution < -0.4 is 15.0 Å². The van der Waals surface area contributed by atoms with Gasteiger partial charge in [0.05, 0.1) is 12.0 Å². The van der Waals surface area contributed by atoms with Gasteiger partial charge in [-0.1, -0.05) is 6.07 Å². The summed E-state index contributed by atoms with van der Waals surface area (Å²) in [5.41, 5.74) is -1.56.